The van der Waals surface area contributed by atoms with Gasteiger partial charge in [0.15, 0.2) is 6.20 Å². The van der Waals surface area contributed by atoms with Gasteiger partial charge in [0.25, 0.3) is 0 Å². The molecule has 1 aliphatic carbocycles. The van der Waals surface area contributed by atoms with Gasteiger partial charge in [-0.3, -0.25) is 0 Å². The molecule has 0 bridgehead atoms. The summed E-state index contributed by atoms with van der Waals surface area (Å²) in [6.07, 6.45) is 9.08. The molecule has 1 fully saturated rings. The number of hydrogen-bond donors (Lipinski definition) is 0. The van der Waals surface area contributed by atoms with Crippen molar-refractivity contribution in [1.29, 1.82) is 0 Å². The van der Waals surface area contributed by atoms with Crippen LogP contribution in [0.4, 0.5) is 0 Å². The molecule has 0 N–H and O–H groups in total. The molecule has 0 spiro atoms. The van der Waals surface area contributed by atoms with Gasteiger partial charge in [0.05, 0.1) is 10.9 Å². The Morgan fingerprint density at radius 2 is 1.62 bits per heavy atom. The van der Waals surface area contributed by atoms with E-state index in [1.165, 1.54) is 70.8 Å². The minimum Gasteiger partial charge on any atom is -0.200 e. The normalized spacial score (nSPS) is 15.8. The lowest BCUT2D eigenvalue weighted by Crippen LogP contribution is -2.31. The predicted molar refractivity (Wildman–Crippen MR) is 125 cm³/mol. The van der Waals surface area contributed by atoms with E-state index in [1.807, 2.05) is 0 Å². The molecule has 1 aliphatic rings. The second-order valence-electron chi connectivity index (χ2n) is 10.2. The lowest BCUT2D eigenvalue weighted by Gasteiger charge is -2.24. The number of pyridine rings is 1. The standard InChI is InChI=1S/C28H36N/c1-19-16-23(21-10-8-7-9-11-21)18-26(20(19)2)27-25-13-12-24(28(3,4)5)17-22(25)14-15-29(27)6/h12-18,21H,7-11H2,1-6H3/q+1. The fourth-order valence-corrected chi connectivity index (χ4v) is 4.98. The summed E-state index contributed by atoms with van der Waals surface area (Å²) in [5, 5.41) is 2.69. The molecule has 4 rings (SSSR count). The molecule has 1 heterocycles. The molecule has 1 nitrogen and oxygen atoms in total. The summed E-state index contributed by atoms with van der Waals surface area (Å²) in [7, 11) is 2.19. The van der Waals surface area contributed by atoms with Crippen LogP contribution in [0.15, 0.2) is 42.6 Å². The number of nitrogens with zero attached hydrogens (tertiary/aromatic N) is 1. The van der Waals surface area contributed by atoms with Crippen LogP contribution in [0.5, 0.6) is 0 Å². The zero-order valence-corrected chi connectivity index (χ0v) is 19.1. The van der Waals surface area contributed by atoms with Crippen molar-refractivity contribution < 1.29 is 4.57 Å². The van der Waals surface area contributed by atoms with Crippen molar-refractivity contribution in [2.45, 2.75) is 78.1 Å². The molecule has 0 unspecified atom stereocenters. The number of hydrogen-bond acceptors (Lipinski definition) is 0. The molecular formula is C28H36N+. The zero-order chi connectivity index (χ0) is 20.8. The third-order valence-corrected chi connectivity index (χ3v) is 7.02. The van der Waals surface area contributed by atoms with Crippen LogP contribution in [0.2, 0.25) is 0 Å². The van der Waals surface area contributed by atoms with E-state index in [-0.39, 0.29) is 5.41 Å². The average molecular weight is 387 g/mol. The first kappa shape index (κ1) is 20.1. The Bertz CT molecular complexity index is 1050. The van der Waals surface area contributed by atoms with Gasteiger partial charge in [0.1, 0.15) is 7.05 Å². The predicted octanol–water partition coefficient (Wildman–Crippen LogP) is 7.29. The van der Waals surface area contributed by atoms with Gasteiger partial charge in [-0.15, -0.1) is 0 Å². The third kappa shape index (κ3) is 3.84. The van der Waals surface area contributed by atoms with Gasteiger partial charge >= 0.3 is 0 Å². The Balaban J connectivity index is 1.91. The van der Waals surface area contributed by atoms with Crippen molar-refractivity contribution >= 4 is 10.8 Å². The lowest BCUT2D eigenvalue weighted by molar-refractivity contribution is -0.659. The molecule has 0 amide bonds. The molecule has 1 aromatic heterocycles. The summed E-state index contributed by atoms with van der Waals surface area (Å²) in [5.74, 6) is 0.731. The third-order valence-electron chi connectivity index (χ3n) is 7.02. The van der Waals surface area contributed by atoms with E-state index in [1.54, 1.807) is 5.56 Å². The van der Waals surface area contributed by atoms with Gasteiger partial charge in [0, 0.05) is 6.07 Å². The van der Waals surface area contributed by atoms with Crippen LogP contribution < -0.4 is 4.57 Å². The van der Waals surface area contributed by atoms with E-state index in [0.29, 0.717) is 0 Å². The topological polar surface area (TPSA) is 3.88 Å². The molecule has 3 aromatic rings. The summed E-state index contributed by atoms with van der Waals surface area (Å²) in [6, 6.07) is 14.3. The molecule has 1 saturated carbocycles. The average Bonchev–Trinajstić information content (AvgIpc) is 2.70. The van der Waals surface area contributed by atoms with E-state index in [9.17, 15) is 0 Å². The van der Waals surface area contributed by atoms with Crippen molar-refractivity contribution in [3.05, 3.63) is 64.8 Å². The first-order valence-corrected chi connectivity index (χ1v) is 11.3. The highest BCUT2D eigenvalue weighted by atomic mass is 14.9. The summed E-state index contributed by atoms with van der Waals surface area (Å²) in [4.78, 5) is 0. The van der Waals surface area contributed by atoms with Gasteiger partial charge < -0.3 is 0 Å². The van der Waals surface area contributed by atoms with Crippen LogP contribution in [0, 0.1) is 13.8 Å². The maximum atomic E-state index is 2.50. The van der Waals surface area contributed by atoms with Crippen LogP contribution in [-0.2, 0) is 12.5 Å². The molecule has 0 atom stereocenters. The van der Waals surface area contributed by atoms with Gasteiger partial charge in [-0.1, -0.05) is 58.2 Å². The van der Waals surface area contributed by atoms with Crippen molar-refractivity contribution in [3.63, 3.8) is 0 Å². The Morgan fingerprint density at radius 3 is 2.31 bits per heavy atom. The molecule has 0 radical (unpaired) electrons. The minimum atomic E-state index is 0.166. The Labute approximate surface area is 176 Å². The SMILES string of the molecule is Cc1cc(C2CCCCC2)cc(-c2c3ccc(C(C)(C)C)cc3cc[n+]2C)c1C. The Kier molecular flexibility index (Phi) is 5.27. The van der Waals surface area contributed by atoms with Crippen LogP contribution in [-0.4, -0.2) is 0 Å². The number of aromatic nitrogens is 1. The smallest absolute Gasteiger partial charge is 0.200 e. The van der Waals surface area contributed by atoms with Crippen LogP contribution >= 0.6 is 0 Å². The molecule has 2 aromatic carbocycles. The summed E-state index contributed by atoms with van der Waals surface area (Å²) >= 11 is 0. The first-order chi connectivity index (χ1) is 13.8. The van der Waals surface area contributed by atoms with Gasteiger partial charge in [0.2, 0.25) is 5.69 Å². The fraction of sp³-hybridized carbons (Fsp3) is 0.464. The Morgan fingerprint density at radius 1 is 0.897 bits per heavy atom. The highest BCUT2D eigenvalue weighted by molar-refractivity contribution is 5.94. The van der Waals surface area contributed by atoms with Crippen LogP contribution in [0.3, 0.4) is 0 Å². The molecule has 152 valence electrons. The largest absolute Gasteiger partial charge is 0.220 e. The van der Waals surface area contributed by atoms with E-state index in [2.05, 4.69) is 88.8 Å². The fourth-order valence-electron chi connectivity index (χ4n) is 4.98. The second kappa shape index (κ2) is 7.59. The van der Waals surface area contributed by atoms with Crippen molar-refractivity contribution in [2.75, 3.05) is 0 Å². The first-order valence-electron chi connectivity index (χ1n) is 11.3. The number of benzene rings is 2. The number of aryl methyl sites for hydroxylation is 2. The van der Waals surface area contributed by atoms with E-state index in [4.69, 9.17) is 0 Å². The maximum Gasteiger partial charge on any atom is 0.220 e. The van der Waals surface area contributed by atoms with Crippen LogP contribution in [0.25, 0.3) is 22.0 Å². The number of rotatable bonds is 2. The van der Waals surface area contributed by atoms with Crippen molar-refractivity contribution in [2.24, 2.45) is 7.05 Å². The van der Waals surface area contributed by atoms with Gasteiger partial charge in [-0.2, -0.15) is 0 Å². The highest BCUT2D eigenvalue weighted by Gasteiger charge is 2.23. The monoisotopic (exact) mass is 386 g/mol. The summed E-state index contributed by atoms with van der Waals surface area (Å²) in [5.41, 5.74) is 8.70. The van der Waals surface area contributed by atoms with Gasteiger partial charge in [-0.05, 0) is 77.8 Å². The molecule has 0 saturated heterocycles. The van der Waals surface area contributed by atoms with E-state index >= 15 is 0 Å². The highest BCUT2D eigenvalue weighted by Crippen LogP contribution is 2.38. The summed E-state index contributed by atoms with van der Waals surface area (Å²) in [6.45, 7) is 11.4. The maximum absolute atomic E-state index is 2.50. The zero-order valence-electron chi connectivity index (χ0n) is 19.1. The minimum absolute atomic E-state index is 0.166. The van der Waals surface area contributed by atoms with E-state index in [0.717, 1.165) is 5.92 Å². The van der Waals surface area contributed by atoms with Crippen LogP contribution in [0.1, 0.15) is 81.0 Å². The van der Waals surface area contributed by atoms with Gasteiger partial charge in [-0.25, -0.2) is 4.57 Å². The molecular weight excluding hydrogens is 350 g/mol. The lowest BCUT2D eigenvalue weighted by atomic mass is 9.81. The second-order valence-corrected chi connectivity index (χ2v) is 10.2. The van der Waals surface area contributed by atoms with Crippen molar-refractivity contribution in [3.8, 4) is 11.3 Å². The van der Waals surface area contributed by atoms with Crippen molar-refractivity contribution in [1.82, 2.24) is 0 Å². The summed E-state index contributed by atoms with van der Waals surface area (Å²) < 4.78 is 2.31. The number of fused-ring (bicyclic) bond motifs is 1. The molecule has 1 heteroatoms. The molecule has 29 heavy (non-hydrogen) atoms. The van der Waals surface area contributed by atoms with E-state index < -0.39 is 0 Å². The molecule has 0 aliphatic heterocycles. The quantitative estimate of drug-likeness (QED) is 0.407. The Hall–Kier alpha value is -2.15.